The van der Waals surface area contributed by atoms with Crippen LogP contribution in [-0.2, 0) is 26.2 Å². The second-order valence-electron chi connectivity index (χ2n) is 5.17. The summed E-state index contributed by atoms with van der Waals surface area (Å²) in [6.07, 6.45) is 9.27. The van der Waals surface area contributed by atoms with Crippen molar-refractivity contribution < 1.29 is 36.4 Å². The third-order valence-electron chi connectivity index (χ3n) is 3.56. The van der Waals surface area contributed by atoms with Crippen LogP contribution in [0.25, 0.3) is 0 Å². The number of unbranched alkanes of at least 4 members (excludes halogenated alkanes) is 2. The summed E-state index contributed by atoms with van der Waals surface area (Å²) >= 11 is 0. The van der Waals surface area contributed by atoms with Crippen molar-refractivity contribution >= 4 is 0 Å². The summed E-state index contributed by atoms with van der Waals surface area (Å²) in [7, 11) is 0. The molecule has 0 aliphatic rings. The van der Waals surface area contributed by atoms with Gasteiger partial charge in [0.25, 0.3) is 0 Å². The second kappa shape index (κ2) is 21.1. The van der Waals surface area contributed by atoms with Crippen molar-refractivity contribution in [3.8, 4) is 0 Å². The molecule has 0 fully saturated rings. The van der Waals surface area contributed by atoms with Crippen molar-refractivity contribution in [3.63, 3.8) is 0 Å². The van der Waals surface area contributed by atoms with E-state index in [1.165, 1.54) is 25.7 Å². The maximum atomic E-state index is 10.4. The van der Waals surface area contributed by atoms with Crippen LogP contribution in [0.3, 0.4) is 0 Å². The Bertz CT molecular complexity index is 119. The molecule has 0 saturated carbocycles. The zero-order valence-corrected chi connectivity index (χ0v) is 16.0. The van der Waals surface area contributed by atoms with E-state index in [9.17, 15) is 10.2 Å². The van der Waals surface area contributed by atoms with E-state index in [1.54, 1.807) is 0 Å². The van der Waals surface area contributed by atoms with Gasteiger partial charge in [-0.2, -0.15) is 0 Å². The minimum Gasteiger partial charge on any atom is -0.854 e. The van der Waals surface area contributed by atoms with E-state index < -0.39 is 0 Å². The molecule has 2 nitrogen and oxygen atoms in total. The van der Waals surface area contributed by atoms with Crippen LogP contribution in [-0.4, -0.2) is 13.2 Å². The minimum absolute atomic E-state index is 0. The van der Waals surface area contributed by atoms with Crippen molar-refractivity contribution in [1.82, 2.24) is 0 Å². The van der Waals surface area contributed by atoms with Gasteiger partial charge in [-0.25, -0.2) is 0 Å². The van der Waals surface area contributed by atoms with Crippen LogP contribution < -0.4 is 10.2 Å². The van der Waals surface area contributed by atoms with Gasteiger partial charge in [0.15, 0.2) is 0 Å². The Labute approximate surface area is 140 Å². The van der Waals surface area contributed by atoms with Crippen molar-refractivity contribution in [2.24, 2.45) is 11.8 Å². The molecule has 0 aromatic heterocycles. The zero-order valence-electron chi connectivity index (χ0n) is 13.5. The average Bonchev–Trinajstić information content (AvgIpc) is 2.42. The molecule has 0 aliphatic carbocycles. The van der Waals surface area contributed by atoms with Gasteiger partial charge in [-0.15, -0.1) is 13.2 Å². The molecule has 0 bridgehead atoms. The Balaban J connectivity index is -0.000000256. The summed E-state index contributed by atoms with van der Waals surface area (Å²) < 4.78 is 0. The van der Waals surface area contributed by atoms with E-state index in [0.717, 1.165) is 25.7 Å². The summed E-state index contributed by atoms with van der Waals surface area (Å²) in [6, 6.07) is 0. The molecule has 0 amide bonds. The first-order valence-electron chi connectivity index (χ1n) is 7.86. The fourth-order valence-corrected chi connectivity index (χ4v) is 1.80. The van der Waals surface area contributed by atoms with Gasteiger partial charge in [0.1, 0.15) is 0 Å². The van der Waals surface area contributed by atoms with Crippen molar-refractivity contribution in [3.05, 3.63) is 0 Å². The largest absolute Gasteiger partial charge is 2.00 e. The van der Waals surface area contributed by atoms with Crippen LogP contribution in [0.5, 0.6) is 0 Å². The molecule has 0 saturated heterocycles. The number of hydrogen-bond acceptors (Lipinski definition) is 2. The molecule has 2 unspecified atom stereocenters. The van der Waals surface area contributed by atoms with Gasteiger partial charge >= 0.3 is 26.2 Å². The first-order chi connectivity index (χ1) is 8.69. The summed E-state index contributed by atoms with van der Waals surface area (Å²) in [5, 5.41) is 20.7. The predicted octanol–water partition coefficient (Wildman–Crippen LogP) is 3.12. The van der Waals surface area contributed by atoms with E-state index in [2.05, 4.69) is 27.7 Å². The van der Waals surface area contributed by atoms with Crippen LogP contribution in [0.4, 0.5) is 0 Å². The maximum Gasteiger partial charge on any atom is 2.00 e. The Morgan fingerprint density at radius 2 is 1.00 bits per heavy atom. The molecule has 19 heavy (non-hydrogen) atoms. The van der Waals surface area contributed by atoms with Gasteiger partial charge in [-0.05, 0) is 0 Å². The van der Waals surface area contributed by atoms with Crippen LogP contribution >= 0.6 is 0 Å². The third kappa shape index (κ3) is 18.8. The molecule has 0 heterocycles. The fraction of sp³-hybridized carbons (Fsp3) is 1.00. The third-order valence-corrected chi connectivity index (χ3v) is 3.56. The van der Waals surface area contributed by atoms with Crippen molar-refractivity contribution in [1.29, 1.82) is 0 Å². The van der Waals surface area contributed by atoms with Crippen LogP contribution in [0.1, 0.15) is 79.1 Å². The van der Waals surface area contributed by atoms with Gasteiger partial charge in [-0.3, -0.25) is 0 Å². The smallest absolute Gasteiger partial charge is 0.854 e. The molecule has 0 aromatic rings. The molecule has 0 radical (unpaired) electrons. The van der Waals surface area contributed by atoms with E-state index in [0.29, 0.717) is 11.8 Å². The number of hydrogen-bond donors (Lipinski definition) is 0. The van der Waals surface area contributed by atoms with E-state index in [4.69, 9.17) is 0 Å². The van der Waals surface area contributed by atoms with Gasteiger partial charge in [-0.1, -0.05) is 90.9 Å². The standard InChI is InChI=1S/2C8H17O.Zr/c2*1-3-5-6-8(4-2)7-9;/h2*8H,3-7H2,1-2H3;/q2*-1;+2. The van der Waals surface area contributed by atoms with Gasteiger partial charge in [0.05, 0.1) is 0 Å². The Kier molecular flexibility index (Phi) is 27.5. The number of rotatable bonds is 10. The van der Waals surface area contributed by atoms with Gasteiger partial charge in [0, 0.05) is 0 Å². The van der Waals surface area contributed by atoms with Crippen molar-refractivity contribution in [2.75, 3.05) is 13.2 Å². The molecule has 0 spiro atoms. The topological polar surface area (TPSA) is 46.1 Å². The quantitative estimate of drug-likeness (QED) is 0.608. The first-order valence-corrected chi connectivity index (χ1v) is 7.86. The first kappa shape index (κ1) is 24.8. The molecule has 0 aromatic carbocycles. The SMILES string of the molecule is CCCCC(CC)C[O-].CCCCC(CC)C[O-].[Zr+2]. The van der Waals surface area contributed by atoms with Gasteiger partial charge < -0.3 is 10.2 Å². The predicted molar refractivity (Wildman–Crippen MR) is 76.3 cm³/mol. The van der Waals surface area contributed by atoms with E-state index in [1.807, 2.05) is 0 Å². The van der Waals surface area contributed by atoms with E-state index in [-0.39, 0.29) is 39.4 Å². The van der Waals surface area contributed by atoms with Crippen LogP contribution in [0.15, 0.2) is 0 Å². The molecule has 3 heteroatoms. The zero-order chi connectivity index (χ0) is 14.2. The Morgan fingerprint density at radius 1 is 0.684 bits per heavy atom. The van der Waals surface area contributed by atoms with E-state index >= 15 is 0 Å². The molecule has 114 valence electrons. The van der Waals surface area contributed by atoms with Crippen LogP contribution in [0, 0.1) is 11.8 Å². The minimum atomic E-state index is 0. The van der Waals surface area contributed by atoms with Crippen LogP contribution in [0.2, 0.25) is 0 Å². The molecule has 2 atom stereocenters. The summed E-state index contributed by atoms with van der Waals surface area (Å²) in [5.74, 6) is 0.898. The normalized spacial score (nSPS) is 12.9. The Hall–Kier alpha value is 0.803. The molecule has 0 rings (SSSR count). The molecular formula is C16H34O2Zr. The summed E-state index contributed by atoms with van der Waals surface area (Å²) in [6.45, 7) is 8.76. The van der Waals surface area contributed by atoms with Crippen molar-refractivity contribution in [2.45, 2.75) is 79.1 Å². The monoisotopic (exact) mass is 348 g/mol. The molecular weight excluding hydrogens is 315 g/mol. The summed E-state index contributed by atoms with van der Waals surface area (Å²) in [4.78, 5) is 0. The second-order valence-corrected chi connectivity index (χ2v) is 5.17. The maximum absolute atomic E-state index is 10.4. The van der Waals surface area contributed by atoms with Gasteiger partial charge in [0.2, 0.25) is 0 Å². The summed E-state index contributed by atoms with van der Waals surface area (Å²) in [5.41, 5.74) is 0. The molecule has 0 N–H and O–H groups in total. The average molecular weight is 350 g/mol. The molecule has 0 aliphatic heterocycles. The Morgan fingerprint density at radius 3 is 1.16 bits per heavy atom. The fourth-order valence-electron chi connectivity index (χ4n) is 1.80.